The number of hydrogen-bond acceptors (Lipinski definition) is 3. The number of aliphatic carboxylic acids is 1. The van der Waals surface area contributed by atoms with Gasteiger partial charge in [0.2, 0.25) is 0 Å². The molecule has 15 heavy (non-hydrogen) atoms. The fraction of sp³-hybridized carbons (Fsp3) is 0.364. The molecule has 0 aliphatic carbocycles. The highest BCUT2D eigenvalue weighted by molar-refractivity contribution is 5.74. The Hall–Kier alpha value is -1.55. The van der Waals surface area contributed by atoms with Crippen LogP contribution >= 0.6 is 0 Å². The van der Waals surface area contributed by atoms with Gasteiger partial charge in [-0.25, -0.2) is 0 Å². The van der Waals surface area contributed by atoms with Crippen molar-refractivity contribution < 1.29 is 9.90 Å². The molecule has 0 saturated heterocycles. The number of hydrogen-bond donors (Lipinski definition) is 2. The van der Waals surface area contributed by atoms with E-state index in [0.717, 1.165) is 11.3 Å². The molecule has 0 fully saturated rings. The first-order chi connectivity index (χ1) is 7.15. The summed E-state index contributed by atoms with van der Waals surface area (Å²) in [5.41, 5.74) is 7.46. The second-order valence-corrected chi connectivity index (χ2v) is 3.39. The quantitative estimate of drug-likeness (QED) is 0.752. The number of carboxylic acids is 1. The predicted octanol–water partition coefficient (Wildman–Crippen LogP) is 0.845. The van der Waals surface area contributed by atoms with Gasteiger partial charge in [-0.1, -0.05) is 18.2 Å². The summed E-state index contributed by atoms with van der Waals surface area (Å²) in [7, 11) is 0. The molecule has 0 amide bonds. The Bertz CT molecular complexity index is 339. The molecule has 0 aliphatic heterocycles. The number of carbonyl (C=O) groups is 1. The van der Waals surface area contributed by atoms with E-state index >= 15 is 0 Å². The first-order valence-electron chi connectivity index (χ1n) is 4.87. The average Bonchev–Trinajstić information content (AvgIpc) is 2.17. The second-order valence-electron chi connectivity index (χ2n) is 3.39. The van der Waals surface area contributed by atoms with Crippen molar-refractivity contribution in [2.24, 2.45) is 5.73 Å². The molecule has 3 N–H and O–H groups in total. The van der Waals surface area contributed by atoms with Crippen molar-refractivity contribution in [2.45, 2.75) is 6.92 Å². The Balaban J connectivity index is 2.88. The molecule has 0 unspecified atom stereocenters. The Morgan fingerprint density at radius 1 is 1.47 bits per heavy atom. The maximum absolute atomic E-state index is 10.7. The molecule has 4 nitrogen and oxygen atoms in total. The third-order valence-corrected chi connectivity index (χ3v) is 2.18. The predicted molar refractivity (Wildman–Crippen MR) is 60.1 cm³/mol. The average molecular weight is 208 g/mol. The number of nitrogens with zero attached hydrogens (tertiary/aromatic N) is 1. The van der Waals surface area contributed by atoms with Crippen LogP contribution in [0.5, 0.6) is 0 Å². The van der Waals surface area contributed by atoms with E-state index in [0.29, 0.717) is 13.1 Å². The van der Waals surface area contributed by atoms with Crippen LogP contribution in [0.3, 0.4) is 0 Å². The van der Waals surface area contributed by atoms with Gasteiger partial charge in [0.25, 0.3) is 0 Å². The summed E-state index contributed by atoms with van der Waals surface area (Å²) in [5, 5.41) is 8.78. The van der Waals surface area contributed by atoms with E-state index in [2.05, 4.69) is 0 Å². The van der Waals surface area contributed by atoms with Crippen molar-refractivity contribution in [3.8, 4) is 0 Å². The Labute approximate surface area is 89.3 Å². The van der Waals surface area contributed by atoms with Gasteiger partial charge in [0.05, 0.1) is 0 Å². The number of benzene rings is 1. The van der Waals surface area contributed by atoms with Gasteiger partial charge in [-0.2, -0.15) is 0 Å². The number of anilines is 1. The van der Waals surface area contributed by atoms with Gasteiger partial charge in [-0.15, -0.1) is 0 Å². The van der Waals surface area contributed by atoms with E-state index in [1.54, 1.807) is 4.90 Å². The molecule has 0 bridgehead atoms. The molecule has 4 heteroatoms. The van der Waals surface area contributed by atoms with Crippen LogP contribution in [0.25, 0.3) is 0 Å². The number of carboxylic acid groups (broad SMARTS) is 1. The summed E-state index contributed by atoms with van der Waals surface area (Å²) < 4.78 is 0. The molecular formula is C11H16N2O2. The summed E-state index contributed by atoms with van der Waals surface area (Å²) in [6.45, 7) is 2.95. The molecule has 82 valence electrons. The number of aryl methyl sites for hydroxylation is 1. The van der Waals surface area contributed by atoms with Crippen LogP contribution in [-0.4, -0.2) is 30.7 Å². The SMILES string of the molecule is Cc1ccccc1N(CCN)CC(=O)O. The lowest BCUT2D eigenvalue weighted by atomic mass is 10.2. The van der Waals surface area contributed by atoms with E-state index in [1.807, 2.05) is 31.2 Å². The molecule has 0 atom stereocenters. The van der Waals surface area contributed by atoms with Crippen molar-refractivity contribution in [3.63, 3.8) is 0 Å². The lowest BCUT2D eigenvalue weighted by Crippen LogP contribution is -2.34. The summed E-state index contributed by atoms with van der Waals surface area (Å²) in [6.07, 6.45) is 0. The maximum Gasteiger partial charge on any atom is 0.323 e. The van der Waals surface area contributed by atoms with Crippen LogP contribution in [0, 0.1) is 6.92 Å². The Morgan fingerprint density at radius 2 is 2.13 bits per heavy atom. The lowest BCUT2D eigenvalue weighted by Gasteiger charge is -2.23. The third-order valence-electron chi connectivity index (χ3n) is 2.18. The van der Waals surface area contributed by atoms with Crippen LogP contribution in [0.15, 0.2) is 24.3 Å². The minimum absolute atomic E-state index is 0.0119. The molecule has 0 heterocycles. The molecule has 0 aliphatic rings. The highest BCUT2D eigenvalue weighted by atomic mass is 16.4. The lowest BCUT2D eigenvalue weighted by molar-refractivity contribution is -0.135. The highest BCUT2D eigenvalue weighted by Gasteiger charge is 2.11. The van der Waals surface area contributed by atoms with E-state index in [9.17, 15) is 4.79 Å². The Kier molecular flexibility index (Phi) is 4.12. The first kappa shape index (κ1) is 11.5. The summed E-state index contributed by atoms with van der Waals surface area (Å²) in [4.78, 5) is 12.5. The summed E-state index contributed by atoms with van der Waals surface area (Å²) in [6, 6.07) is 7.70. The van der Waals surface area contributed by atoms with Crippen molar-refractivity contribution in [2.75, 3.05) is 24.5 Å². The van der Waals surface area contributed by atoms with Crippen molar-refractivity contribution in [3.05, 3.63) is 29.8 Å². The fourth-order valence-corrected chi connectivity index (χ4v) is 1.52. The van der Waals surface area contributed by atoms with Crippen molar-refractivity contribution in [1.29, 1.82) is 0 Å². The molecule has 0 saturated carbocycles. The van der Waals surface area contributed by atoms with Gasteiger partial charge in [-0.05, 0) is 18.6 Å². The van der Waals surface area contributed by atoms with E-state index in [4.69, 9.17) is 10.8 Å². The Morgan fingerprint density at radius 3 is 2.67 bits per heavy atom. The fourth-order valence-electron chi connectivity index (χ4n) is 1.52. The van der Waals surface area contributed by atoms with E-state index in [-0.39, 0.29) is 6.54 Å². The first-order valence-corrected chi connectivity index (χ1v) is 4.87. The molecule has 1 aromatic carbocycles. The second kappa shape index (κ2) is 5.36. The van der Waals surface area contributed by atoms with Gasteiger partial charge in [0, 0.05) is 18.8 Å². The van der Waals surface area contributed by atoms with Crippen LogP contribution in [0.2, 0.25) is 0 Å². The zero-order valence-electron chi connectivity index (χ0n) is 8.81. The normalized spacial score (nSPS) is 10.0. The van der Waals surface area contributed by atoms with Gasteiger partial charge in [0.1, 0.15) is 6.54 Å². The number of para-hydroxylation sites is 1. The molecule has 1 aromatic rings. The molecule has 0 radical (unpaired) electrons. The van der Waals surface area contributed by atoms with E-state index in [1.165, 1.54) is 0 Å². The van der Waals surface area contributed by atoms with Crippen LogP contribution in [0.4, 0.5) is 5.69 Å². The smallest absolute Gasteiger partial charge is 0.323 e. The molecular weight excluding hydrogens is 192 g/mol. The molecule has 1 rings (SSSR count). The molecule has 0 spiro atoms. The van der Waals surface area contributed by atoms with Gasteiger partial charge in [-0.3, -0.25) is 4.79 Å². The largest absolute Gasteiger partial charge is 0.480 e. The number of nitrogens with two attached hydrogens (primary N) is 1. The summed E-state index contributed by atoms with van der Waals surface area (Å²) >= 11 is 0. The van der Waals surface area contributed by atoms with Gasteiger partial charge >= 0.3 is 5.97 Å². The zero-order valence-corrected chi connectivity index (χ0v) is 8.81. The van der Waals surface area contributed by atoms with Crippen LogP contribution < -0.4 is 10.6 Å². The standard InChI is InChI=1S/C11H16N2O2/c1-9-4-2-3-5-10(9)13(7-6-12)8-11(14)15/h2-5H,6-8,12H2,1H3,(H,14,15). The minimum atomic E-state index is -0.841. The minimum Gasteiger partial charge on any atom is -0.480 e. The van der Waals surface area contributed by atoms with Crippen molar-refractivity contribution in [1.82, 2.24) is 0 Å². The highest BCUT2D eigenvalue weighted by Crippen LogP contribution is 2.18. The van der Waals surface area contributed by atoms with Crippen LogP contribution in [-0.2, 0) is 4.79 Å². The molecule has 0 aromatic heterocycles. The maximum atomic E-state index is 10.7. The van der Waals surface area contributed by atoms with Gasteiger partial charge in [0.15, 0.2) is 0 Å². The van der Waals surface area contributed by atoms with E-state index < -0.39 is 5.97 Å². The van der Waals surface area contributed by atoms with Gasteiger partial charge < -0.3 is 15.7 Å². The topological polar surface area (TPSA) is 66.6 Å². The van der Waals surface area contributed by atoms with Crippen LogP contribution in [0.1, 0.15) is 5.56 Å². The summed E-state index contributed by atoms with van der Waals surface area (Å²) in [5.74, 6) is -0.841. The monoisotopic (exact) mass is 208 g/mol. The van der Waals surface area contributed by atoms with Crippen molar-refractivity contribution >= 4 is 11.7 Å². The zero-order chi connectivity index (χ0) is 11.3. The third kappa shape index (κ3) is 3.25. The number of rotatable bonds is 5.